The monoisotopic (exact) mass is 347 g/mol. The fourth-order valence-corrected chi connectivity index (χ4v) is 2.84. The van der Waals surface area contributed by atoms with Crippen molar-refractivity contribution in [2.45, 2.75) is 25.8 Å². The van der Waals surface area contributed by atoms with E-state index < -0.39 is 0 Å². The first-order chi connectivity index (χ1) is 12.6. The van der Waals surface area contributed by atoms with Crippen LogP contribution in [0.5, 0.6) is 5.75 Å². The zero-order valence-corrected chi connectivity index (χ0v) is 14.9. The highest BCUT2D eigenvalue weighted by Gasteiger charge is 2.26. The number of amides is 1. The van der Waals surface area contributed by atoms with Gasteiger partial charge < -0.3 is 10.1 Å². The van der Waals surface area contributed by atoms with Gasteiger partial charge in [0.25, 0.3) is 5.91 Å². The lowest BCUT2D eigenvalue weighted by Gasteiger charge is -2.08. The van der Waals surface area contributed by atoms with Crippen LogP contribution in [-0.4, -0.2) is 28.8 Å². The number of hydrogen-bond donors (Lipinski definition) is 1. The SMILES string of the molecule is COc1cccc(-c2cc(C(=O)NC3CC3)n(-c3ccc(C)cc3)n2)c1. The maximum Gasteiger partial charge on any atom is 0.270 e. The van der Waals surface area contributed by atoms with E-state index in [1.165, 1.54) is 0 Å². The summed E-state index contributed by atoms with van der Waals surface area (Å²) in [5, 5.41) is 7.76. The van der Waals surface area contributed by atoms with Crippen LogP contribution in [-0.2, 0) is 0 Å². The molecular formula is C21H21N3O2. The lowest BCUT2D eigenvalue weighted by molar-refractivity contribution is 0.0943. The molecule has 132 valence electrons. The minimum absolute atomic E-state index is 0.0882. The van der Waals surface area contributed by atoms with Crippen molar-refractivity contribution in [2.24, 2.45) is 0 Å². The van der Waals surface area contributed by atoms with E-state index >= 15 is 0 Å². The van der Waals surface area contributed by atoms with Crippen molar-refractivity contribution in [1.29, 1.82) is 0 Å². The molecule has 0 atom stereocenters. The van der Waals surface area contributed by atoms with Crippen molar-refractivity contribution < 1.29 is 9.53 Å². The summed E-state index contributed by atoms with van der Waals surface area (Å²) in [5.41, 5.74) is 4.23. The van der Waals surface area contributed by atoms with E-state index in [2.05, 4.69) is 5.32 Å². The molecule has 0 aliphatic heterocycles. The van der Waals surface area contributed by atoms with Gasteiger partial charge in [-0.2, -0.15) is 5.10 Å². The molecule has 1 aromatic heterocycles. The van der Waals surface area contributed by atoms with E-state index in [4.69, 9.17) is 9.84 Å². The Kier molecular flexibility index (Phi) is 4.21. The van der Waals surface area contributed by atoms with Crippen LogP contribution >= 0.6 is 0 Å². The third kappa shape index (κ3) is 3.33. The van der Waals surface area contributed by atoms with Gasteiger partial charge >= 0.3 is 0 Å². The molecule has 1 aliphatic carbocycles. The number of rotatable bonds is 5. The van der Waals surface area contributed by atoms with Gasteiger partial charge in [0.05, 0.1) is 18.5 Å². The van der Waals surface area contributed by atoms with Crippen molar-refractivity contribution in [3.05, 3.63) is 65.9 Å². The van der Waals surface area contributed by atoms with E-state index in [1.54, 1.807) is 11.8 Å². The summed E-state index contributed by atoms with van der Waals surface area (Å²) >= 11 is 0. The van der Waals surface area contributed by atoms with Crippen LogP contribution in [0.15, 0.2) is 54.6 Å². The van der Waals surface area contributed by atoms with Gasteiger partial charge in [0, 0.05) is 11.6 Å². The van der Waals surface area contributed by atoms with Crippen molar-refractivity contribution in [3.8, 4) is 22.7 Å². The Labute approximate surface area is 152 Å². The smallest absolute Gasteiger partial charge is 0.270 e. The molecule has 1 N–H and O–H groups in total. The van der Waals surface area contributed by atoms with Crippen molar-refractivity contribution >= 4 is 5.91 Å². The van der Waals surface area contributed by atoms with Gasteiger partial charge in [-0.1, -0.05) is 29.8 Å². The molecule has 0 unspecified atom stereocenters. The molecular weight excluding hydrogens is 326 g/mol. The maximum atomic E-state index is 12.7. The fourth-order valence-electron chi connectivity index (χ4n) is 2.84. The van der Waals surface area contributed by atoms with Crippen LogP contribution in [0, 0.1) is 6.92 Å². The van der Waals surface area contributed by atoms with Gasteiger partial charge in [0.2, 0.25) is 0 Å². The molecule has 5 heteroatoms. The van der Waals surface area contributed by atoms with Crippen LogP contribution < -0.4 is 10.1 Å². The summed E-state index contributed by atoms with van der Waals surface area (Å²) in [6.07, 6.45) is 2.10. The molecule has 1 aliphatic rings. The maximum absolute atomic E-state index is 12.7. The number of methoxy groups -OCH3 is 1. The minimum atomic E-state index is -0.0882. The first-order valence-electron chi connectivity index (χ1n) is 8.76. The largest absolute Gasteiger partial charge is 0.497 e. The molecule has 1 heterocycles. The predicted molar refractivity (Wildman–Crippen MR) is 101 cm³/mol. The highest BCUT2D eigenvalue weighted by Crippen LogP contribution is 2.26. The van der Waals surface area contributed by atoms with E-state index in [-0.39, 0.29) is 5.91 Å². The standard InChI is InChI=1S/C21H21N3O2/c1-14-6-10-17(11-7-14)24-20(21(25)22-16-8-9-16)13-19(23-24)15-4-3-5-18(12-15)26-2/h3-7,10-13,16H,8-9H2,1-2H3,(H,22,25). The van der Waals surface area contributed by atoms with Crippen molar-refractivity contribution in [2.75, 3.05) is 7.11 Å². The van der Waals surface area contributed by atoms with Crippen LogP contribution in [0.3, 0.4) is 0 Å². The Morgan fingerprint density at radius 1 is 1.15 bits per heavy atom. The minimum Gasteiger partial charge on any atom is -0.497 e. The summed E-state index contributed by atoms with van der Waals surface area (Å²) in [4.78, 5) is 12.7. The Morgan fingerprint density at radius 3 is 2.62 bits per heavy atom. The number of aryl methyl sites for hydroxylation is 1. The summed E-state index contributed by atoms with van der Waals surface area (Å²) in [7, 11) is 1.64. The van der Waals surface area contributed by atoms with Gasteiger partial charge in [-0.15, -0.1) is 0 Å². The number of nitrogens with one attached hydrogen (secondary N) is 1. The summed E-state index contributed by atoms with van der Waals surface area (Å²) < 4.78 is 7.02. The third-order valence-electron chi connectivity index (χ3n) is 4.50. The van der Waals surface area contributed by atoms with Crippen molar-refractivity contribution in [1.82, 2.24) is 15.1 Å². The molecule has 0 saturated heterocycles. The number of ether oxygens (including phenoxy) is 1. The Bertz CT molecular complexity index is 940. The second-order valence-corrected chi connectivity index (χ2v) is 6.64. The number of benzene rings is 2. The third-order valence-corrected chi connectivity index (χ3v) is 4.50. The van der Waals surface area contributed by atoms with Crippen LogP contribution in [0.4, 0.5) is 0 Å². The first-order valence-corrected chi connectivity index (χ1v) is 8.76. The first kappa shape index (κ1) is 16.4. The van der Waals surface area contributed by atoms with Crippen LogP contribution in [0.1, 0.15) is 28.9 Å². The fraction of sp³-hybridized carbons (Fsp3) is 0.238. The Hall–Kier alpha value is -3.08. The second kappa shape index (κ2) is 6.67. The quantitative estimate of drug-likeness (QED) is 0.765. The number of carbonyl (C=O) groups is 1. The molecule has 4 rings (SSSR count). The Balaban J connectivity index is 1.78. The number of carbonyl (C=O) groups excluding carboxylic acids is 1. The number of hydrogen-bond acceptors (Lipinski definition) is 3. The lowest BCUT2D eigenvalue weighted by atomic mass is 10.1. The molecule has 1 saturated carbocycles. The summed E-state index contributed by atoms with van der Waals surface area (Å²) in [6, 6.07) is 17.8. The summed E-state index contributed by atoms with van der Waals surface area (Å²) in [5.74, 6) is 0.672. The topological polar surface area (TPSA) is 56.1 Å². The molecule has 0 radical (unpaired) electrons. The van der Waals surface area contributed by atoms with E-state index in [0.29, 0.717) is 11.7 Å². The normalized spacial score (nSPS) is 13.5. The van der Waals surface area contributed by atoms with Crippen LogP contribution in [0.25, 0.3) is 16.9 Å². The average Bonchev–Trinajstić information content (AvgIpc) is 3.36. The highest BCUT2D eigenvalue weighted by molar-refractivity contribution is 5.94. The van der Waals surface area contributed by atoms with Gasteiger partial charge in [0.1, 0.15) is 11.4 Å². The van der Waals surface area contributed by atoms with Gasteiger partial charge in [-0.3, -0.25) is 4.79 Å². The predicted octanol–water partition coefficient (Wildman–Crippen LogP) is 3.75. The van der Waals surface area contributed by atoms with Gasteiger partial charge in [-0.25, -0.2) is 4.68 Å². The van der Waals surface area contributed by atoms with Crippen molar-refractivity contribution in [3.63, 3.8) is 0 Å². The molecule has 0 spiro atoms. The molecule has 1 fully saturated rings. The lowest BCUT2D eigenvalue weighted by Crippen LogP contribution is -2.27. The van der Waals surface area contributed by atoms with Gasteiger partial charge in [0.15, 0.2) is 0 Å². The number of aromatic nitrogens is 2. The average molecular weight is 347 g/mol. The van der Waals surface area contributed by atoms with E-state index in [0.717, 1.165) is 41.1 Å². The van der Waals surface area contributed by atoms with E-state index in [1.807, 2.05) is 61.5 Å². The van der Waals surface area contributed by atoms with E-state index in [9.17, 15) is 4.79 Å². The molecule has 5 nitrogen and oxygen atoms in total. The molecule has 0 bridgehead atoms. The molecule has 26 heavy (non-hydrogen) atoms. The molecule has 1 amide bonds. The second-order valence-electron chi connectivity index (χ2n) is 6.64. The Morgan fingerprint density at radius 2 is 1.92 bits per heavy atom. The number of nitrogens with zero attached hydrogens (tertiary/aromatic N) is 2. The molecule has 3 aromatic rings. The van der Waals surface area contributed by atoms with Gasteiger partial charge in [-0.05, 0) is 50.1 Å². The summed E-state index contributed by atoms with van der Waals surface area (Å²) in [6.45, 7) is 2.04. The zero-order chi connectivity index (χ0) is 18.1. The zero-order valence-electron chi connectivity index (χ0n) is 14.9. The molecule has 2 aromatic carbocycles. The van der Waals surface area contributed by atoms with Crippen LogP contribution in [0.2, 0.25) is 0 Å². The highest BCUT2D eigenvalue weighted by atomic mass is 16.5.